The van der Waals surface area contributed by atoms with Gasteiger partial charge in [-0.1, -0.05) is 24.3 Å². The van der Waals surface area contributed by atoms with E-state index in [4.69, 9.17) is 9.47 Å². The molecule has 4 rings (SSSR count). The lowest BCUT2D eigenvalue weighted by molar-refractivity contribution is -0.126. The number of benzene rings is 2. The normalized spacial score (nSPS) is 16.9. The van der Waals surface area contributed by atoms with Gasteiger partial charge in [-0.15, -0.1) is 0 Å². The molecule has 188 valence electrons. The summed E-state index contributed by atoms with van der Waals surface area (Å²) in [4.78, 5) is 41.4. The maximum absolute atomic E-state index is 13.8. The van der Waals surface area contributed by atoms with Crippen molar-refractivity contribution in [2.24, 2.45) is 0 Å². The van der Waals surface area contributed by atoms with Crippen molar-refractivity contribution >= 4 is 23.5 Å². The van der Waals surface area contributed by atoms with Crippen LogP contribution in [0.15, 0.2) is 48.5 Å². The van der Waals surface area contributed by atoms with Crippen LogP contribution in [0.5, 0.6) is 5.75 Å². The summed E-state index contributed by atoms with van der Waals surface area (Å²) in [6.45, 7) is 7.73. The lowest BCUT2D eigenvalue weighted by atomic mass is 9.93. The summed E-state index contributed by atoms with van der Waals surface area (Å²) in [5.41, 5.74) is 2.23. The number of anilines is 1. The second-order valence-electron chi connectivity index (χ2n) is 9.05. The maximum Gasteiger partial charge on any atom is 0.358 e. The first-order valence-corrected chi connectivity index (χ1v) is 11.8. The number of fused-ring (bicyclic) bond motifs is 1. The van der Waals surface area contributed by atoms with E-state index in [0.29, 0.717) is 11.4 Å². The second-order valence-corrected chi connectivity index (χ2v) is 9.05. The van der Waals surface area contributed by atoms with E-state index in [1.807, 2.05) is 56.3 Å². The number of aryl methyl sites for hydroxylation is 2. The Labute approximate surface area is 210 Å². The Balaban J connectivity index is 1.75. The van der Waals surface area contributed by atoms with Gasteiger partial charge < -0.3 is 14.8 Å². The van der Waals surface area contributed by atoms with Gasteiger partial charge in [-0.05, 0) is 57.0 Å². The van der Waals surface area contributed by atoms with Crippen molar-refractivity contribution in [3.63, 3.8) is 0 Å². The number of para-hydroxylation sites is 1. The molecule has 2 heterocycles. The van der Waals surface area contributed by atoms with E-state index in [-0.39, 0.29) is 37.0 Å². The molecule has 0 fully saturated rings. The summed E-state index contributed by atoms with van der Waals surface area (Å²) in [7, 11) is 1.57. The summed E-state index contributed by atoms with van der Waals surface area (Å²) in [6, 6.07) is 14.6. The van der Waals surface area contributed by atoms with Gasteiger partial charge in [0.1, 0.15) is 17.0 Å². The zero-order valence-corrected chi connectivity index (χ0v) is 21.1. The highest BCUT2D eigenvalue weighted by Gasteiger charge is 2.49. The number of carbonyl (C=O) groups excluding carboxylic acids is 3. The van der Waals surface area contributed by atoms with E-state index < -0.39 is 17.4 Å². The predicted octanol–water partition coefficient (Wildman–Crippen LogP) is 3.42. The van der Waals surface area contributed by atoms with E-state index >= 15 is 0 Å². The van der Waals surface area contributed by atoms with Gasteiger partial charge in [-0.3, -0.25) is 19.2 Å². The fourth-order valence-corrected chi connectivity index (χ4v) is 4.59. The summed E-state index contributed by atoms with van der Waals surface area (Å²) >= 11 is 0. The second kappa shape index (κ2) is 9.85. The van der Waals surface area contributed by atoms with Crippen LogP contribution in [0.25, 0.3) is 0 Å². The number of hydrogen-bond donors (Lipinski definition) is 1. The van der Waals surface area contributed by atoms with Gasteiger partial charge in [0.15, 0.2) is 5.69 Å². The average Bonchev–Trinajstić information content (AvgIpc) is 3.26. The molecule has 0 unspecified atom stereocenters. The largest absolute Gasteiger partial charge is 0.496 e. The van der Waals surface area contributed by atoms with Crippen molar-refractivity contribution in [3.05, 3.63) is 76.6 Å². The molecule has 9 nitrogen and oxygen atoms in total. The molecule has 3 aromatic rings. The molecule has 9 heteroatoms. The highest BCUT2D eigenvalue weighted by Crippen LogP contribution is 2.34. The number of carbonyl (C=O) groups is 3. The fraction of sp³-hybridized carbons (Fsp3) is 0.333. The molecule has 0 saturated carbocycles. The molecule has 0 radical (unpaired) electrons. The molecule has 1 aliphatic rings. The molecule has 1 atom stereocenters. The quantitative estimate of drug-likeness (QED) is 0.509. The number of methoxy groups -OCH3 is 1. The standard InChI is InChI=1S/C27H30N4O5/c1-6-36-25(33)21-14-22-24(32)31(20-12-17(2)11-18(3)13-20)27(4,16-30(22)29-21)26(34)28-15-19-9-7-8-10-23(19)35-5/h7-14H,6,15-16H2,1-5H3,(H,28,34)/t27-/m0/s1. The van der Waals surface area contributed by atoms with Crippen molar-refractivity contribution in [2.75, 3.05) is 18.6 Å². The Morgan fingerprint density at radius 3 is 2.47 bits per heavy atom. The van der Waals surface area contributed by atoms with Gasteiger partial charge in [0.2, 0.25) is 5.91 Å². The SMILES string of the molecule is CCOC(=O)c1cc2n(n1)C[C@@](C)(C(=O)NCc1ccccc1OC)N(c1cc(C)cc(C)c1)C2=O. The van der Waals surface area contributed by atoms with E-state index in [1.54, 1.807) is 21.0 Å². The first kappa shape index (κ1) is 25.0. The number of hydrogen-bond acceptors (Lipinski definition) is 6. The number of nitrogens with zero attached hydrogens (tertiary/aromatic N) is 3. The van der Waals surface area contributed by atoms with Crippen molar-refractivity contribution in [1.82, 2.24) is 15.1 Å². The van der Waals surface area contributed by atoms with Crippen LogP contribution in [0.3, 0.4) is 0 Å². The third kappa shape index (κ3) is 4.56. The number of rotatable bonds is 7. The molecule has 1 aliphatic heterocycles. The molecule has 0 bridgehead atoms. The lowest BCUT2D eigenvalue weighted by Crippen LogP contribution is -2.64. The Hall–Kier alpha value is -4.14. The first-order chi connectivity index (χ1) is 17.2. The fourth-order valence-electron chi connectivity index (χ4n) is 4.59. The Kier molecular flexibility index (Phi) is 6.83. The van der Waals surface area contributed by atoms with Crippen LogP contribution >= 0.6 is 0 Å². The Morgan fingerprint density at radius 2 is 1.81 bits per heavy atom. The molecule has 2 aromatic carbocycles. The van der Waals surface area contributed by atoms with E-state index in [0.717, 1.165) is 16.7 Å². The summed E-state index contributed by atoms with van der Waals surface area (Å²) < 4.78 is 11.9. The van der Waals surface area contributed by atoms with E-state index in [2.05, 4.69) is 10.4 Å². The van der Waals surface area contributed by atoms with Gasteiger partial charge in [-0.2, -0.15) is 5.10 Å². The summed E-state index contributed by atoms with van der Waals surface area (Å²) in [5.74, 6) is -0.751. The number of amides is 2. The highest BCUT2D eigenvalue weighted by atomic mass is 16.5. The minimum Gasteiger partial charge on any atom is -0.496 e. The molecule has 2 amide bonds. The van der Waals surface area contributed by atoms with Crippen molar-refractivity contribution in [1.29, 1.82) is 0 Å². The number of nitrogens with one attached hydrogen (secondary N) is 1. The zero-order valence-electron chi connectivity index (χ0n) is 21.1. The number of ether oxygens (including phenoxy) is 2. The minimum absolute atomic E-state index is 0.0271. The van der Waals surface area contributed by atoms with Crippen LogP contribution in [-0.2, 0) is 22.6 Å². The third-order valence-electron chi connectivity index (χ3n) is 6.22. The minimum atomic E-state index is -1.33. The lowest BCUT2D eigenvalue weighted by Gasteiger charge is -2.43. The van der Waals surface area contributed by atoms with Crippen LogP contribution in [0.2, 0.25) is 0 Å². The number of aromatic nitrogens is 2. The molecular formula is C27H30N4O5. The third-order valence-corrected chi connectivity index (χ3v) is 6.22. The van der Waals surface area contributed by atoms with Gasteiger partial charge in [-0.25, -0.2) is 4.79 Å². The Morgan fingerprint density at radius 1 is 1.11 bits per heavy atom. The van der Waals surface area contributed by atoms with E-state index in [9.17, 15) is 14.4 Å². The molecule has 1 N–H and O–H groups in total. The van der Waals surface area contributed by atoms with Gasteiger partial charge in [0.25, 0.3) is 5.91 Å². The van der Waals surface area contributed by atoms with Crippen molar-refractivity contribution in [2.45, 2.75) is 46.3 Å². The van der Waals surface area contributed by atoms with Crippen LogP contribution < -0.4 is 15.0 Å². The number of esters is 1. The Bertz CT molecular complexity index is 1310. The highest BCUT2D eigenvalue weighted by molar-refractivity contribution is 6.12. The first-order valence-electron chi connectivity index (χ1n) is 11.8. The molecule has 0 aliphatic carbocycles. The topological polar surface area (TPSA) is 103 Å². The summed E-state index contributed by atoms with van der Waals surface area (Å²) in [6.07, 6.45) is 0. The molecule has 0 spiro atoms. The molecule has 1 aromatic heterocycles. The molecule has 0 saturated heterocycles. The van der Waals surface area contributed by atoms with Crippen molar-refractivity contribution in [3.8, 4) is 5.75 Å². The predicted molar refractivity (Wildman–Crippen MR) is 134 cm³/mol. The van der Waals surface area contributed by atoms with Gasteiger partial charge in [0.05, 0.1) is 20.3 Å². The smallest absolute Gasteiger partial charge is 0.358 e. The van der Waals surface area contributed by atoms with E-state index in [1.165, 1.54) is 15.6 Å². The van der Waals surface area contributed by atoms with Crippen molar-refractivity contribution < 1.29 is 23.9 Å². The maximum atomic E-state index is 13.8. The monoisotopic (exact) mass is 490 g/mol. The van der Waals surface area contributed by atoms with Gasteiger partial charge in [0, 0.05) is 23.9 Å². The van der Waals surface area contributed by atoms with Crippen LogP contribution in [0.1, 0.15) is 51.5 Å². The van der Waals surface area contributed by atoms with Gasteiger partial charge >= 0.3 is 5.97 Å². The molecular weight excluding hydrogens is 460 g/mol. The van der Waals surface area contributed by atoms with Crippen LogP contribution in [-0.4, -0.2) is 46.8 Å². The zero-order chi connectivity index (χ0) is 26.0. The summed E-state index contributed by atoms with van der Waals surface area (Å²) in [5, 5.41) is 7.27. The van der Waals surface area contributed by atoms with Crippen LogP contribution in [0, 0.1) is 13.8 Å². The average molecular weight is 491 g/mol. The molecule has 36 heavy (non-hydrogen) atoms. The van der Waals surface area contributed by atoms with Crippen LogP contribution in [0.4, 0.5) is 5.69 Å².